The molecule has 0 fully saturated rings. The summed E-state index contributed by atoms with van der Waals surface area (Å²) in [5.41, 5.74) is 8.92. The number of nitrogens with zero attached hydrogens (tertiary/aromatic N) is 1. The quantitative estimate of drug-likeness (QED) is 0.453. The van der Waals surface area contributed by atoms with Gasteiger partial charge in [0.05, 0.1) is 12.3 Å². The Balaban J connectivity index is 1.57. The number of carbonyl (C=O) groups is 1. The number of nitrogens with two attached hydrogens (primary N) is 1. The molecule has 0 atom stereocenters. The molecule has 0 unspecified atom stereocenters. The number of rotatable bonds is 9. The van der Waals surface area contributed by atoms with Gasteiger partial charge in [0.2, 0.25) is 5.89 Å². The van der Waals surface area contributed by atoms with Crippen LogP contribution in [0.25, 0.3) is 11.5 Å². The predicted molar refractivity (Wildman–Crippen MR) is 126 cm³/mol. The van der Waals surface area contributed by atoms with Crippen LogP contribution >= 0.6 is 0 Å². The van der Waals surface area contributed by atoms with Crippen molar-refractivity contribution in [3.8, 4) is 23.0 Å². The summed E-state index contributed by atoms with van der Waals surface area (Å²) in [6.07, 6.45) is 1.45. The molecule has 0 aliphatic heterocycles. The van der Waals surface area contributed by atoms with Crippen molar-refractivity contribution in [2.24, 2.45) is 5.73 Å². The number of esters is 1. The molecule has 3 rings (SSSR count). The third kappa shape index (κ3) is 7.08. The Morgan fingerprint density at radius 2 is 1.91 bits per heavy atom. The summed E-state index contributed by atoms with van der Waals surface area (Å²) in [4.78, 5) is 16.6. The average molecular weight is 453 g/mol. The van der Waals surface area contributed by atoms with E-state index in [0.29, 0.717) is 44.1 Å². The molecule has 1 aromatic heterocycles. The SMILES string of the molecule is Cc1oc(-c2cccc(O)c2)nc1CCOc1ccc(CCC(=O)OC(C)(C)C)c(CN)c1. The monoisotopic (exact) mass is 452 g/mol. The van der Waals surface area contributed by atoms with E-state index in [1.165, 1.54) is 0 Å². The summed E-state index contributed by atoms with van der Waals surface area (Å²) in [6, 6.07) is 12.6. The highest BCUT2D eigenvalue weighted by Crippen LogP contribution is 2.25. The van der Waals surface area contributed by atoms with E-state index in [2.05, 4.69) is 4.98 Å². The normalized spacial score (nSPS) is 11.4. The smallest absolute Gasteiger partial charge is 0.306 e. The Bertz CT molecular complexity index is 1100. The number of carbonyl (C=O) groups excluding carboxylic acids is 1. The molecule has 0 radical (unpaired) electrons. The van der Waals surface area contributed by atoms with Gasteiger partial charge >= 0.3 is 5.97 Å². The van der Waals surface area contributed by atoms with Crippen molar-refractivity contribution in [1.29, 1.82) is 0 Å². The van der Waals surface area contributed by atoms with Crippen molar-refractivity contribution in [1.82, 2.24) is 4.98 Å². The van der Waals surface area contributed by atoms with Crippen molar-refractivity contribution < 1.29 is 23.8 Å². The Kier molecular flexibility index (Phi) is 7.76. The lowest BCUT2D eigenvalue weighted by molar-refractivity contribution is -0.154. The number of hydrogen-bond donors (Lipinski definition) is 2. The standard InChI is InChI=1S/C26H32N2O5/c1-17-23(28-25(32-17)19-6-5-7-21(29)14-19)12-13-31-22-10-8-18(20(15-22)16-27)9-11-24(30)33-26(2,3)4/h5-8,10,14-15,29H,9,11-13,16,27H2,1-4H3. The van der Waals surface area contributed by atoms with Crippen LogP contribution in [0.1, 0.15) is 49.8 Å². The summed E-state index contributed by atoms with van der Waals surface area (Å²) in [6.45, 7) is 8.22. The van der Waals surface area contributed by atoms with Gasteiger partial charge in [0, 0.05) is 24.9 Å². The van der Waals surface area contributed by atoms with Crippen LogP contribution in [-0.4, -0.2) is 28.3 Å². The van der Waals surface area contributed by atoms with E-state index >= 15 is 0 Å². The second-order valence-corrected chi connectivity index (χ2v) is 8.89. The lowest BCUT2D eigenvalue weighted by atomic mass is 10.0. The number of aromatic nitrogens is 1. The van der Waals surface area contributed by atoms with Gasteiger partial charge in [-0.3, -0.25) is 4.79 Å². The number of phenols is 1. The maximum atomic E-state index is 12.0. The van der Waals surface area contributed by atoms with Crippen LogP contribution < -0.4 is 10.5 Å². The first-order valence-electron chi connectivity index (χ1n) is 11.1. The van der Waals surface area contributed by atoms with Gasteiger partial charge in [-0.25, -0.2) is 4.98 Å². The van der Waals surface area contributed by atoms with Crippen LogP contribution in [-0.2, 0) is 28.9 Å². The van der Waals surface area contributed by atoms with E-state index in [4.69, 9.17) is 19.6 Å². The molecular formula is C26H32N2O5. The molecule has 1 heterocycles. The minimum Gasteiger partial charge on any atom is -0.508 e. The van der Waals surface area contributed by atoms with Crippen LogP contribution in [0.4, 0.5) is 0 Å². The number of oxazole rings is 1. The van der Waals surface area contributed by atoms with Crippen molar-refractivity contribution in [3.63, 3.8) is 0 Å². The largest absolute Gasteiger partial charge is 0.508 e. The number of hydrogen-bond acceptors (Lipinski definition) is 7. The molecular weight excluding hydrogens is 420 g/mol. The van der Waals surface area contributed by atoms with Gasteiger partial charge in [-0.05, 0) is 75.6 Å². The molecule has 0 spiro atoms. The fraction of sp³-hybridized carbons (Fsp3) is 0.385. The van der Waals surface area contributed by atoms with Crippen molar-refractivity contribution >= 4 is 5.97 Å². The molecule has 7 heteroatoms. The third-order valence-corrected chi connectivity index (χ3v) is 5.01. The highest BCUT2D eigenvalue weighted by atomic mass is 16.6. The molecule has 7 nitrogen and oxygen atoms in total. The second kappa shape index (κ2) is 10.5. The number of aryl methyl sites for hydroxylation is 2. The maximum Gasteiger partial charge on any atom is 0.306 e. The zero-order chi connectivity index (χ0) is 24.0. The molecule has 0 aliphatic rings. The fourth-order valence-electron chi connectivity index (χ4n) is 3.44. The Morgan fingerprint density at radius 3 is 2.61 bits per heavy atom. The van der Waals surface area contributed by atoms with Gasteiger partial charge in [0.15, 0.2) is 0 Å². The minimum atomic E-state index is -0.489. The summed E-state index contributed by atoms with van der Waals surface area (Å²) in [7, 11) is 0. The zero-order valence-corrected chi connectivity index (χ0v) is 19.7. The first-order valence-corrected chi connectivity index (χ1v) is 11.1. The number of benzene rings is 2. The summed E-state index contributed by atoms with van der Waals surface area (Å²) < 4.78 is 17.1. The zero-order valence-electron chi connectivity index (χ0n) is 19.7. The van der Waals surface area contributed by atoms with Gasteiger partial charge in [-0.1, -0.05) is 12.1 Å². The van der Waals surface area contributed by atoms with Crippen molar-refractivity contribution in [2.45, 2.75) is 59.1 Å². The van der Waals surface area contributed by atoms with Crippen LogP contribution in [0.3, 0.4) is 0 Å². The van der Waals surface area contributed by atoms with Crippen LogP contribution in [0.5, 0.6) is 11.5 Å². The van der Waals surface area contributed by atoms with E-state index in [1.54, 1.807) is 18.2 Å². The van der Waals surface area contributed by atoms with Gasteiger partial charge in [-0.2, -0.15) is 0 Å². The summed E-state index contributed by atoms with van der Waals surface area (Å²) in [5.74, 6) is 1.85. The molecule has 0 aliphatic carbocycles. The van der Waals surface area contributed by atoms with Gasteiger partial charge in [0.25, 0.3) is 0 Å². The van der Waals surface area contributed by atoms with Gasteiger partial charge < -0.3 is 24.7 Å². The molecule has 3 N–H and O–H groups in total. The first kappa shape index (κ1) is 24.3. The molecule has 0 amide bonds. The Hall–Kier alpha value is -3.32. The minimum absolute atomic E-state index is 0.165. The number of ether oxygens (including phenoxy) is 2. The second-order valence-electron chi connectivity index (χ2n) is 8.89. The molecule has 176 valence electrons. The van der Waals surface area contributed by atoms with Crippen LogP contribution in [0.15, 0.2) is 46.9 Å². The highest BCUT2D eigenvalue weighted by molar-refractivity contribution is 5.70. The molecule has 3 aromatic rings. The molecule has 33 heavy (non-hydrogen) atoms. The Morgan fingerprint density at radius 1 is 1.12 bits per heavy atom. The number of phenolic OH excluding ortho intramolecular Hbond substituents is 1. The lowest BCUT2D eigenvalue weighted by Gasteiger charge is -2.19. The van der Waals surface area contributed by atoms with E-state index in [9.17, 15) is 9.90 Å². The van der Waals surface area contributed by atoms with Crippen molar-refractivity contribution in [3.05, 3.63) is 65.0 Å². The van der Waals surface area contributed by atoms with E-state index in [-0.39, 0.29) is 11.7 Å². The van der Waals surface area contributed by atoms with Crippen LogP contribution in [0.2, 0.25) is 0 Å². The molecule has 2 aromatic carbocycles. The van der Waals surface area contributed by atoms with E-state index in [1.807, 2.05) is 52.0 Å². The van der Waals surface area contributed by atoms with E-state index in [0.717, 1.165) is 28.1 Å². The Labute approximate surface area is 194 Å². The highest BCUT2D eigenvalue weighted by Gasteiger charge is 2.17. The van der Waals surface area contributed by atoms with E-state index < -0.39 is 5.60 Å². The molecule has 0 saturated heterocycles. The van der Waals surface area contributed by atoms with Crippen molar-refractivity contribution in [2.75, 3.05) is 6.61 Å². The van der Waals surface area contributed by atoms with Gasteiger partial charge in [-0.15, -0.1) is 0 Å². The third-order valence-electron chi connectivity index (χ3n) is 5.01. The number of aromatic hydroxyl groups is 1. The molecule has 0 bridgehead atoms. The fourth-order valence-corrected chi connectivity index (χ4v) is 3.44. The van der Waals surface area contributed by atoms with Gasteiger partial charge in [0.1, 0.15) is 22.9 Å². The summed E-state index contributed by atoms with van der Waals surface area (Å²) in [5, 5.41) is 9.66. The maximum absolute atomic E-state index is 12.0. The topological polar surface area (TPSA) is 108 Å². The average Bonchev–Trinajstić information content (AvgIpc) is 3.12. The lowest BCUT2D eigenvalue weighted by Crippen LogP contribution is -2.24. The first-order chi connectivity index (χ1) is 15.6. The van der Waals surface area contributed by atoms with Crippen LogP contribution in [0, 0.1) is 6.92 Å². The predicted octanol–water partition coefficient (Wildman–Crippen LogP) is 4.71. The molecule has 0 saturated carbocycles. The summed E-state index contributed by atoms with van der Waals surface area (Å²) >= 11 is 0.